The Bertz CT molecular complexity index is 305. The molecule has 2 heterocycles. The van der Waals surface area contributed by atoms with Gasteiger partial charge in [0.2, 0.25) is 0 Å². The van der Waals surface area contributed by atoms with E-state index in [0.29, 0.717) is 0 Å². The van der Waals surface area contributed by atoms with Gasteiger partial charge in [-0.2, -0.15) is 11.3 Å². The van der Waals surface area contributed by atoms with Crippen molar-refractivity contribution >= 4 is 34.8 Å². The predicted molar refractivity (Wildman–Crippen MR) is 57.6 cm³/mol. The van der Waals surface area contributed by atoms with Crippen molar-refractivity contribution < 1.29 is 0 Å². The van der Waals surface area contributed by atoms with Gasteiger partial charge in [-0.15, -0.1) is 11.3 Å². The number of rotatable bonds is 2. The molecule has 0 aliphatic rings. The molecule has 2 aromatic heterocycles. The Balaban J connectivity index is 2.14. The fourth-order valence-corrected chi connectivity index (χ4v) is 2.18. The van der Waals surface area contributed by atoms with Gasteiger partial charge in [-0.05, 0) is 39.9 Å². The molecule has 0 aliphatic heterocycles. The molecule has 2 heteroatoms. The highest BCUT2D eigenvalue weighted by atomic mass is 32.1. The summed E-state index contributed by atoms with van der Waals surface area (Å²) in [6.07, 6.45) is 4.29. The first-order valence-electron chi connectivity index (χ1n) is 3.69. The second-order valence-corrected chi connectivity index (χ2v) is 4.16. The monoisotopic (exact) mass is 192 g/mol. The quantitative estimate of drug-likeness (QED) is 0.675. The molecule has 0 amide bonds. The average Bonchev–Trinajstić information content (AvgIpc) is 2.74. The largest absolute Gasteiger partial charge is 0.152 e. The van der Waals surface area contributed by atoms with E-state index in [4.69, 9.17) is 0 Å². The lowest BCUT2D eigenvalue weighted by Gasteiger charge is -1.82. The van der Waals surface area contributed by atoms with Gasteiger partial charge < -0.3 is 0 Å². The Hall–Kier alpha value is -0.860. The van der Waals surface area contributed by atoms with E-state index in [1.165, 1.54) is 10.4 Å². The zero-order valence-corrected chi connectivity index (χ0v) is 8.07. The van der Waals surface area contributed by atoms with Crippen molar-refractivity contribution in [3.05, 3.63) is 44.8 Å². The lowest BCUT2D eigenvalue weighted by Crippen LogP contribution is -1.59. The van der Waals surface area contributed by atoms with E-state index in [1.807, 2.05) is 0 Å². The molecule has 2 aromatic rings. The van der Waals surface area contributed by atoms with Crippen molar-refractivity contribution in [2.75, 3.05) is 0 Å². The molecule has 12 heavy (non-hydrogen) atoms. The van der Waals surface area contributed by atoms with Gasteiger partial charge in [-0.25, -0.2) is 0 Å². The van der Waals surface area contributed by atoms with E-state index in [9.17, 15) is 0 Å². The van der Waals surface area contributed by atoms with Gasteiger partial charge in [0.05, 0.1) is 0 Å². The highest BCUT2D eigenvalue weighted by Gasteiger charge is 1.87. The minimum absolute atomic E-state index is 1.29. The molecular weight excluding hydrogens is 184 g/mol. The van der Waals surface area contributed by atoms with E-state index in [0.717, 1.165) is 0 Å². The summed E-state index contributed by atoms with van der Waals surface area (Å²) in [5, 5.41) is 6.32. The van der Waals surface area contributed by atoms with Crippen LogP contribution in [0.1, 0.15) is 10.4 Å². The standard InChI is InChI=1S/C10H8S2/c1-2-10(12-6-1)4-3-9-5-7-11-8-9/h1-8H/b4-3+. The van der Waals surface area contributed by atoms with Gasteiger partial charge >= 0.3 is 0 Å². The molecule has 0 saturated carbocycles. The Kier molecular flexibility index (Phi) is 2.39. The van der Waals surface area contributed by atoms with Crippen LogP contribution in [0.5, 0.6) is 0 Å². The number of hydrogen-bond acceptors (Lipinski definition) is 2. The van der Waals surface area contributed by atoms with Gasteiger partial charge in [0, 0.05) is 4.88 Å². The maximum Gasteiger partial charge on any atom is 0.0270 e. The Labute approximate surface area is 79.8 Å². The summed E-state index contributed by atoms with van der Waals surface area (Å²) in [5.74, 6) is 0. The summed E-state index contributed by atoms with van der Waals surface area (Å²) in [4.78, 5) is 1.31. The van der Waals surface area contributed by atoms with Crippen molar-refractivity contribution in [3.63, 3.8) is 0 Å². The third kappa shape index (κ3) is 1.84. The fraction of sp³-hybridized carbons (Fsp3) is 0. The predicted octanol–water partition coefficient (Wildman–Crippen LogP) is 3.98. The van der Waals surface area contributed by atoms with Crippen LogP contribution in [0, 0.1) is 0 Å². The molecule has 0 fully saturated rings. The second kappa shape index (κ2) is 3.70. The summed E-state index contributed by atoms with van der Waals surface area (Å²) >= 11 is 3.49. The van der Waals surface area contributed by atoms with E-state index in [1.54, 1.807) is 22.7 Å². The minimum Gasteiger partial charge on any atom is -0.152 e. The molecule has 0 bridgehead atoms. The average molecular weight is 192 g/mol. The first kappa shape index (κ1) is 7.77. The summed E-state index contributed by atoms with van der Waals surface area (Å²) in [6, 6.07) is 6.31. The van der Waals surface area contributed by atoms with E-state index in [2.05, 4.69) is 46.5 Å². The summed E-state index contributed by atoms with van der Waals surface area (Å²) in [5.41, 5.74) is 1.29. The summed E-state index contributed by atoms with van der Waals surface area (Å²) in [6.45, 7) is 0. The topological polar surface area (TPSA) is 0 Å². The molecule has 0 radical (unpaired) electrons. The minimum atomic E-state index is 1.29. The van der Waals surface area contributed by atoms with Crippen LogP contribution in [-0.4, -0.2) is 0 Å². The van der Waals surface area contributed by atoms with Gasteiger partial charge in [0.15, 0.2) is 0 Å². The summed E-state index contributed by atoms with van der Waals surface area (Å²) in [7, 11) is 0. The van der Waals surface area contributed by atoms with Crippen molar-refractivity contribution in [2.45, 2.75) is 0 Å². The zero-order valence-electron chi connectivity index (χ0n) is 6.44. The highest BCUT2D eigenvalue weighted by Crippen LogP contribution is 2.14. The Morgan fingerprint density at radius 1 is 1.08 bits per heavy atom. The van der Waals surface area contributed by atoms with E-state index < -0.39 is 0 Å². The van der Waals surface area contributed by atoms with Crippen LogP contribution in [0.25, 0.3) is 12.2 Å². The van der Waals surface area contributed by atoms with Gasteiger partial charge in [-0.3, -0.25) is 0 Å². The third-order valence-corrected chi connectivity index (χ3v) is 3.07. The number of thiophene rings is 2. The van der Waals surface area contributed by atoms with E-state index in [-0.39, 0.29) is 0 Å². The van der Waals surface area contributed by atoms with Crippen LogP contribution < -0.4 is 0 Å². The van der Waals surface area contributed by atoms with Gasteiger partial charge in [0.1, 0.15) is 0 Å². The lowest BCUT2D eigenvalue weighted by atomic mass is 10.3. The van der Waals surface area contributed by atoms with Crippen molar-refractivity contribution in [1.29, 1.82) is 0 Å². The van der Waals surface area contributed by atoms with Crippen LogP contribution in [0.2, 0.25) is 0 Å². The molecule has 0 atom stereocenters. The van der Waals surface area contributed by atoms with Crippen LogP contribution in [0.3, 0.4) is 0 Å². The molecule has 0 nitrogen and oxygen atoms in total. The Morgan fingerprint density at radius 3 is 2.75 bits per heavy atom. The van der Waals surface area contributed by atoms with Crippen molar-refractivity contribution in [2.24, 2.45) is 0 Å². The van der Waals surface area contributed by atoms with E-state index >= 15 is 0 Å². The number of hydrogen-bond donors (Lipinski definition) is 0. The molecule has 0 aromatic carbocycles. The SMILES string of the molecule is C(=C\c1cccs1)/c1ccsc1. The van der Waals surface area contributed by atoms with Crippen molar-refractivity contribution in [1.82, 2.24) is 0 Å². The van der Waals surface area contributed by atoms with Crippen LogP contribution in [0.15, 0.2) is 34.3 Å². The van der Waals surface area contributed by atoms with Crippen LogP contribution in [0.4, 0.5) is 0 Å². The molecule has 0 aliphatic carbocycles. The maximum absolute atomic E-state index is 2.15. The van der Waals surface area contributed by atoms with Crippen molar-refractivity contribution in [3.8, 4) is 0 Å². The molecule has 60 valence electrons. The highest BCUT2D eigenvalue weighted by molar-refractivity contribution is 7.10. The normalized spacial score (nSPS) is 11.0. The lowest BCUT2D eigenvalue weighted by molar-refractivity contribution is 1.88. The molecule has 2 rings (SSSR count). The first-order chi connectivity index (χ1) is 5.95. The maximum atomic E-state index is 2.15. The Morgan fingerprint density at radius 2 is 2.08 bits per heavy atom. The third-order valence-electron chi connectivity index (χ3n) is 1.53. The summed E-state index contributed by atoms with van der Waals surface area (Å²) < 4.78 is 0. The smallest absolute Gasteiger partial charge is 0.0270 e. The van der Waals surface area contributed by atoms with Crippen LogP contribution in [-0.2, 0) is 0 Å². The zero-order chi connectivity index (χ0) is 8.23. The van der Waals surface area contributed by atoms with Gasteiger partial charge in [0.25, 0.3) is 0 Å². The first-order valence-corrected chi connectivity index (χ1v) is 5.51. The molecule has 0 spiro atoms. The molecular formula is C10H8S2. The molecule has 0 unspecified atom stereocenters. The molecule has 0 saturated heterocycles. The fourth-order valence-electron chi connectivity index (χ4n) is 0.934. The van der Waals surface area contributed by atoms with Gasteiger partial charge in [-0.1, -0.05) is 12.1 Å². The van der Waals surface area contributed by atoms with Crippen LogP contribution >= 0.6 is 22.7 Å². The molecule has 0 N–H and O–H groups in total. The second-order valence-electron chi connectivity index (χ2n) is 2.41.